The summed E-state index contributed by atoms with van der Waals surface area (Å²) in [6.45, 7) is 0. The van der Waals surface area contributed by atoms with Gasteiger partial charge < -0.3 is 10.2 Å². The van der Waals surface area contributed by atoms with Gasteiger partial charge in [0.1, 0.15) is 0 Å². The molecule has 0 aromatic rings. The van der Waals surface area contributed by atoms with E-state index in [4.69, 9.17) is 15.0 Å². The van der Waals surface area contributed by atoms with E-state index in [1.54, 1.807) is 0 Å². The molecule has 0 fully saturated rings. The van der Waals surface area contributed by atoms with Crippen molar-refractivity contribution in [1.82, 2.24) is 0 Å². The molecule has 0 aliphatic carbocycles. The van der Waals surface area contributed by atoms with Gasteiger partial charge in [-0.2, -0.15) is 0 Å². The Labute approximate surface area is 112 Å². The topological polar surface area (TPSA) is 57.5 Å². The summed E-state index contributed by atoms with van der Waals surface area (Å²) in [6, 6.07) is 0. The molecular weight excluding hydrogens is 167 g/mol. The van der Waals surface area contributed by atoms with Crippen LogP contribution in [-0.4, -0.2) is 109 Å². The van der Waals surface area contributed by atoms with Crippen molar-refractivity contribution >= 4 is 99.0 Å². The summed E-state index contributed by atoms with van der Waals surface area (Å²) in [5, 5.41) is 13.9. The minimum absolute atomic E-state index is 0. The van der Waals surface area contributed by atoms with Crippen LogP contribution in [0.3, 0.4) is 0 Å². The maximum atomic E-state index is 8.56. The molecule has 6 heteroatoms. The third-order valence-electron chi connectivity index (χ3n) is 0. The van der Waals surface area contributed by atoms with E-state index in [1.807, 2.05) is 0 Å². The predicted molar refractivity (Wildman–Crippen MR) is 37.7 cm³/mol. The molecule has 3 nitrogen and oxygen atoms in total. The van der Waals surface area contributed by atoms with Crippen LogP contribution in [0.4, 0.5) is 4.79 Å². The Morgan fingerprint density at radius 1 is 1.14 bits per heavy atom. The van der Waals surface area contributed by atoms with E-state index in [1.165, 1.54) is 0 Å². The van der Waals surface area contributed by atoms with Gasteiger partial charge in [-0.05, 0) is 0 Å². The van der Waals surface area contributed by atoms with Crippen molar-refractivity contribution in [2.75, 3.05) is 0 Å². The van der Waals surface area contributed by atoms with Crippen LogP contribution in [0.25, 0.3) is 0 Å². The Hall–Kier alpha value is 2.32. The number of rotatable bonds is 0. The van der Waals surface area contributed by atoms with Crippen LogP contribution in [0.15, 0.2) is 0 Å². The molecule has 0 amide bonds. The average molecular weight is 176 g/mol. The van der Waals surface area contributed by atoms with Gasteiger partial charge in [0.2, 0.25) is 0 Å². The van der Waals surface area contributed by atoms with E-state index >= 15 is 0 Å². The fraction of sp³-hybridized carbons (Fsp3) is 0. The van der Waals surface area contributed by atoms with Crippen LogP contribution in [0.2, 0.25) is 0 Å². The second-order valence-corrected chi connectivity index (χ2v) is 0.283. The van der Waals surface area contributed by atoms with Crippen molar-refractivity contribution < 1.29 is 15.0 Å². The molecule has 7 heavy (non-hydrogen) atoms. The minimum atomic E-state index is -1.83. The Morgan fingerprint density at radius 2 is 1.14 bits per heavy atom. The second-order valence-electron chi connectivity index (χ2n) is 0.283. The zero-order valence-electron chi connectivity index (χ0n) is 1.80. The average Bonchev–Trinajstić information content (AvgIpc) is 0.811. The first-order chi connectivity index (χ1) is 1.73. The van der Waals surface area contributed by atoms with Crippen molar-refractivity contribution in [3.8, 4) is 0 Å². The molecule has 0 heterocycles. The molecule has 0 aliphatic rings. The van der Waals surface area contributed by atoms with Gasteiger partial charge in [-0.25, -0.2) is 4.79 Å². The third kappa shape index (κ3) is 61.7. The number of hydrogen-bond acceptors (Lipinski definition) is 1. The summed E-state index contributed by atoms with van der Waals surface area (Å²) in [6.07, 6.45) is -1.83. The van der Waals surface area contributed by atoms with Gasteiger partial charge in [-0.3, -0.25) is 0 Å². The van der Waals surface area contributed by atoms with E-state index in [0.29, 0.717) is 0 Å². The van der Waals surface area contributed by atoms with Crippen LogP contribution in [0.5, 0.6) is 0 Å². The first-order valence-electron chi connectivity index (χ1n) is 0.651. The van der Waals surface area contributed by atoms with Gasteiger partial charge >= 0.3 is 81.6 Å². The van der Waals surface area contributed by atoms with Crippen molar-refractivity contribution in [3.05, 3.63) is 0 Å². The van der Waals surface area contributed by atoms with Crippen LogP contribution < -0.4 is 0 Å². The quantitative estimate of drug-likeness (QED) is 0.392. The van der Waals surface area contributed by atoms with Crippen molar-refractivity contribution in [1.29, 1.82) is 0 Å². The molecule has 0 radical (unpaired) electrons. The molecule has 0 aliphatic heterocycles. The number of carbonyl (C=O) groups is 1. The second kappa shape index (κ2) is 15.8. The van der Waals surface area contributed by atoms with Crippen LogP contribution in [0.1, 0.15) is 0 Å². The van der Waals surface area contributed by atoms with E-state index in [2.05, 4.69) is 0 Å². The molecule has 38 valence electrons. The van der Waals surface area contributed by atoms with Gasteiger partial charge in [0.15, 0.2) is 17.4 Å². The maximum absolute atomic E-state index is 8.56. The molecule has 0 unspecified atom stereocenters. The number of carboxylic acid groups (broad SMARTS) is 2. The summed E-state index contributed by atoms with van der Waals surface area (Å²) in [4.78, 5) is 8.56. The fourth-order valence-electron chi connectivity index (χ4n) is 0. The molecule has 0 rings (SSSR count). The molecule has 0 saturated heterocycles. The molecule has 0 spiro atoms. The van der Waals surface area contributed by atoms with Gasteiger partial charge in [0.25, 0.3) is 0 Å². The first kappa shape index (κ1) is 22.8. The molecule has 0 bridgehead atoms. The summed E-state index contributed by atoms with van der Waals surface area (Å²) >= 11 is 0. The van der Waals surface area contributed by atoms with E-state index < -0.39 is 6.16 Å². The number of hydrogen-bond donors (Lipinski definition) is 2. The fourth-order valence-corrected chi connectivity index (χ4v) is 0. The third-order valence-corrected chi connectivity index (χ3v) is 0. The van der Waals surface area contributed by atoms with E-state index in [-0.39, 0.29) is 92.8 Å². The Morgan fingerprint density at radius 3 is 1.14 bits per heavy atom. The van der Waals surface area contributed by atoms with E-state index in [9.17, 15) is 0 Å². The standard InChI is InChI=1S/CH2O3.Al.2Ca.7H/c2-1(3)4;;;;;;;;;;/h(H2,2,3,4);;;;;;;;;;. The molecule has 2 N–H and O–H groups in total. The van der Waals surface area contributed by atoms with Gasteiger partial charge in [-0.15, -0.1) is 0 Å². The van der Waals surface area contributed by atoms with Crippen molar-refractivity contribution in [2.45, 2.75) is 0 Å². The summed E-state index contributed by atoms with van der Waals surface area (Å²) in [7, 11) is 0. The Bertz CT molecular complexity index is 35.9. The monoisotopic (exact) mass is 176 g/mol. The summed E-state index contributed by atoms with van der Waals surface area (Å²) in [5.41, 5.74) is 0. The van der Waals surface area contributed by atoms with Crippen molar-refractivity contribution in [2.24, 2.45) is 0 Å². The molecular formula is CH9AlCa2O3. The first-order valence-corrected chi connectivity index (χ1v) is 0.651. The Kier molecular flexibility index (Phi) is 51.3. The van der Waals surface area contributed by atoms with Gasteiger partial charge in [-0.1, -0.05) is 0 Å². The Balaban J connectivity index is -0.0000000150. The zero-order valence-corrected chi connectivity index (χ0v) is 1.80. The summed E-state index contributed by atoms with van der Waals surface area (Å²) < 4.78 is 0. The van der Waals surface area contributed by atoms with Gasteiger partial charge in [0, 0.05) is 0 Å². The van der Waals surface area contributed by atoms with Crippen LogP contribution >= 0.6 is 0 Å². The van der Waals surface area contributed by atoms with Crippen LogP contribution in [-0.2, 0) is 0 Å². The zero-order chi connectivity index (χ0) is 3.58. The van der Waals surface area contributed by atoms with Crippen molar-refractivity contribution in [3.63, 3.8) is 0 Å². The normalized spacial score (nSPS) is 3.43. The molecule has 0 aromatic heterocycles. The van der Waals surface area contributed by atoms with Gasteiger partial charge in [0.05, 0.1) is 0 Å². The molecule has 0 atom stereocenters. The SMILES string of the molecule is O=C(O)O.[AlH3].[CaH2].[CaH2]. The molecule has 0 saturated carbocycles. The molecule has 0 aromatic carbocycles. The summed E-state index contributed by atoms with van der Waals surface area (Å²) in [5.74, 6) is 0. The predicted octanol–water partition coefficient (Wildman–Crippen LogP) is -2.79. The van der Waals surface area contributed by atoms with E-state index in [0.717, 1.165) is 0 Å². The van der Waals surface area contributed by atoms with Crippen LogP contribution in [0, 0.1) is 0 Å².